The molecule has 2 N–H and O–H groups in total. The van der Waals surface area contributed by atoms with Crippen molar-refractivity contribution in [1.82, 2.24) is 5.32 Å². The summed E-state index contributed by atoms with van der Waals surface area (Å²) in [5.74, 6) is -1.03. The quantitative estimate of drug-likeness (QED) is 0.897. The van der Waals surface area contributed by atoms with E-state index in [1.54, 1.807) is 6.92 Å². The summed E-state index contributed by atoms with van der Waals surface area (Å²) in [7, 11) is 0. The Labute approximate surface area is 107 Å². The minimum Gasteiger partial charge on any atom is -0.347 e. The number of hydrogen-bond donors (Lipinski definition) is 2. The molecule has 0 bridgehead atoms. The molecule has 92 valence electrons. The van der Waals surface area contributed by atoms with Crippen LogP contribution in [0, 0.1) is 12.7 Å². The highest BCUT2D eigenvalue weighted by molar-refractivity contribution is 9.10. The number of hydrogen-bond acceptors (Lipinski definition) is 2. The van der Waals surface area contributed by atoms with Gasteiger partial charge in [0, 0.05) is 12.6 Å². The molecular weight excluding hydrogens is 291 g/mol. The largest absolute Gasteiger partial charge is 0.347 e. The van der Waals surface area contributed by atoms with Crippen LogP contribution in [0.5, 0.6) is 0 Å². The molecule has 0 saturated heterocycles. The number of rotatable bonds is 3. The van der Waals surface area contributed by atoms with Crippen LogP contribution in [0.15, 0.2) is 16.6 Å². The van der Waals surface area contributed by atoms with E-state index < -0.39 is 0 Å². The van der Waals surface area contributed by atoms with Gasteiger partial charge in [0.15, 0.2) is 0 Å². The molecule has 0 heterocycles. The van der Waals surface area contributed by atoms with Gasteiger partial charge in [-0.05, 0) is 40.5 Å². The predicted octanol–water partition coefficient (Wildman–Crippen LogP) is 1.97. The van der Waals surface area contributed by atoms with E-state index in [-0.39, 0.29) is 28.6 Å². The number of aryl methyl sites for hydroxylation is 1. The Morgan fingerprint density at radius 2 is 2.06 bits per heavy atom. The lowest BCUT2D eigenvalue weighted by atomic mass is 10.2. The van der Waals surface area contributed by atoms with Crippen molar-refractivity contribution in [3.05, 3.63) is 28.0 Å². The van der Waals surface area contributed by atoms with Crippen molar-refractivity contribution in [2.45, 2.75) is 13.8 Å². The molecule has 0 saturated carbocycles. The van der Waals surface area contributed by atoms with E-state index in [0.29, 0.717) is 11.3 Å². The summed E-state index contributed by atoms with van der Waals surface area (Å²) >= 11 is 3.04. The van der Waals surface area contributed by atoms with E-state index in [0.717, 1.165) is 0 Å². The molecule has 17 heavy (non-hydrogen) atoms. The Morgan fingerprint density at radius 1 is 1.41 bits per heavy atom. The van der Waals surface area contributed by atoms with Gasteiger partial charge in [-0.3, -0.25) is 9.59 Å². The molecule has 6 heteroatoms. The number of carbonyl (C=O) groups is 2. The van der Waals surface area contributed by atoms with Crippen molar-refractivity contribution in [1.29, 1.82) is 0 Å². The number of carbonyl (C=O) groups excluding carboxylic acids is 2. The average molecular weight is 303 g/mol. The molecule has 0 atom stereocenters. The van der Waals surface area contributed by atoms with Gasteiger partial charge in [-0.15, -0.1) is 0 Å². The van der Waals surface area contributed by atoms with Gasteiger partial charge in [0.1, 0.15) is 5.82 Å². The minimum atomic E-state index is -0.387. The lowest BCUT2D eigenvalue weighted by Crippen LogP contribution is -2.31. The van der Waals surface area contributed by atoms with Gasteiger partial charge in [-0.2, -0.15) is 0 Å². The number of halogens is 2. The van der Waals surface area contributed by atoms with Crippen molar-refractivity contribution in [3.63, 3.8) is 0 Å². The normalized spacial score (nSPS) is 9.88. The van der Waals surface area contributed by atoms with Crippen molar-refractivity contribution >= 4 is 33.4 Å². The maximum absolute atomic E-state index is 13.1. The molecule has 0 radical (unpaired) electrons. The molecule has 1 rings (SSSR count). The molecule has 0 spiro atoms. The van der Waals surface area contributed by atoms with Crippen LogP contribution < -0.4 is 10.6 Å². The van der Waals surface area contributed by atoms with Gasteiger partial charge in [-0.25, -0.2) is 4.39 Å². The summed E-state index contributed by atoms with van der Waals surface area (Å²) < 4.78 is 13.4. The zero-order valence-electron chi connectivity index (χ0n) is 9.43. The smallest absolute Gasteiger partial charge is 0.243 e. The van der Waals surface area contributed by atoms with Gasteiger partial charge in [0.25, 0.3) is 0 Å². The van der Waals surface area contributed by atoms with Crippen LogP contribution in [0.1, 0.15) is 12.5 Å². The van der Waals surface area contributed by atoms with Crippen molar-refractivity contribution < 1.29 is 14.0 Å². The maximum atomic E-state index is 13.1. The van der Waals surface area contributed by atoms with E-state index in [9.17, 15) is 14.0 Å². The zero-order chi connectivity index (χ0) is 13.0. The molecule has 0 aromatic heterocycles. The number of anilines is 1. The Hall–Kier alpha value is -1.43. The van der Waals surface area contributed by atoms with E-state index >= 15 is 0 Å². The second kappa shape index (κ2) is 5.77. The molecule has 1 aromatic rings. The average Bonchev–Trinajstić information content (AvgIpc) is 2.23. The molecule has 0 aliphatic rings. The Morgan fingerprint density at radius 3 is 2.65 bits per heavy atom. The van der Waals surface area contributed by atoms with E-state index in [4.69, 9.17) is 0 Å². The van der Waals surface area contributed by atoms with Crippen LogP contribution >= 0.6 is 15.9 Å². The summed E-state index contributed by atoms with van der Waals surface area (Å²) in [6, 6.07) is 2.80. The minimum absolute atomic E-state index is 0.107. The monoisotopic (exact) mass is 302 g/mol. The van der Waals surface area contributed by atoms with Crippen molar-refractivity contribution in [2.75, 3.05) is 11.9 Å². The predicted molar refractivity (Wildman–Crippen MR) is 66.2 cm³/mol. The fraction of sp³-hybridized carbons (Fsp3) is 0.273. The molecule has 0 unspecified atom stereocenters. The first kappa shape index (κ1) is 13.6. The molecule has 0 fully saturated rings. The summed E-state index contributed by atoms with van der Waals surface area (Å²) in [5, 5.41) is 4.96. The molecule has 1 aromatic carbocycles. The number of amides is 2. The van der Waals surface area contributed by atoms with Gasteiger partial charge in [0.05, 0.1) is 11.0 Å². The summed E-state index contributed by atoms with van der Waals surface area (Å²) in [5.41, 5.74) is 1.12. The molecule has 0 aliphatic carbocycles. The zero-order valence-corrected chi connectivity index (χ0v) is 11.0. The fourth-order valence-electron chi connectivity index (χ4n) is 1.18. The second-order valence-electron chi connectivity index (χ2n) is 3.54. The first-order valence-corrected chi connectivity index (χ1v) is 5.69. The van der Waals surface area contributed by atoms with E-state index in [1.807, 2.05) is 0 Å². The topological polar surface area (TPSA) is 58.2 Å². The Bertz CT molecular complexity index is 463. The highest BCUT2D eigenvalue weighted by atomic mass is 79.9. The third-order valence-corrected chi connectivity index (χ3v) is 2.65. The maximum Gasteiger partial charge on any atom is 0.243 e. The lowest BCUT2D eigenvalue weighted by Gasteiger charge is -2.09. The number of nitrogens with one attached hydrogen (secondary N) is 2. The Balaban J connectivity index is 2.71. The molecular formula is C11H12BrFN2O2. The molecule has 4 nitrogen and oxygen atoms in total. The van der Waals surface area contributed by atoms with Gasteiger partial charge >= 0.3 is 0 Å². The second-order valence-corrected chi connectivity index (χ2v) is 4.39. The van der Waals surface area contributed by atoms with Crippen LogP contribution in [-0.2, 0) is 9.59 Å². The van der Waals surface area contributed by atoms with Gasteiger partial charge in [0.2, 0.25) is 11.8 Å². The first-order chi connectivity index (χ1) is 7.90. The van der Waals surface area contributed by atoms with Crippen molar-refractivity contribution in [3.8, 4) is 0 Å². The summed E-state index contributed by atoms with van der Waals surface area (Å²) in [6.45, 7) is 2.90. The SMILES string of the molecule is CC(=O)NCC(=O)Nc1cc(Br)c(F)cc1C. The highest BCUT2D eigenvalue weighted by Crippen LogP contribution is 2.23. The Kier molecular flexibility index (Phi) is 4.62. The first-order valence-electron chi connectivity index (χ1n) is 4.90. The van der Waals surface area contributed by atoms with Crippen LogP contribution in [0.3, 0.4) is 0 Å². The van der Waals surface area contributed by atoms with Crippen LogP contribution in [-0.4, -0.2) is 18.4 Å². The summed E-state index contributed by atoms with van der Waals surface area (Å²) in [6.07, 6.45) is 0. The third-order valence-electron chi connectivity index (χ3n) is 2.04. The summed E-state index contributed by atoms with van der Waals surface area (Å²) in [4.78, 5) is 22.0. The van der Waals surface area contributed by atoms with Crippen molar-refractivity contribution in [2.24, 2.45) is 0 Å². The molecule has 0 aliphatic heterocycles. The van der Waals surface area contributed by atoms with Crippen LogP contribution in [0.25, 0.3) is 0 Å². The van der Waals surface area contributed by atoms with E-state index in [2.05, 4.69) is 26.6 Å². The lowest BCUT2D eigenvalue weighted by molar-refractivity contribution is -0.122. The standard InChI is InChI=1S/C11H12BrFN2O2/c1-6-3-9(13)8(12)4-10(6)15-11(17)5-14-7(2)16/h3-4H,5H2,1-2H3,(H,14,16)(H,15,17). The highest BCUT2D eigenvalue weighted by Gasteiger charge is 2.08. The van der Waals surface area contributed by atoms with Gasteiger partial charge in [-0.1, -0.05) is 0 Å². The fourth-order valence-corrected chi connectivity index (χ4v) is 1.52. The third kappa shape index (κ3) is 4.14. The van der Waals surface area contributed by atoms with Gasteiger partial charge < -0.3 is 10.6 Å². The van der Waals surface area contributed by atoms with Crippen LogP contribution in [0.4, 0.5) is 10.1 Å². The van der Waals surface area contributed by atoms with Crippen LogP contribution in [0.2, 0.25) is 0 Å². The van der Waals surface area contributed by atoms with E-state index in [1.165, 1.54) is 19.1 Å². The number of benzene rings is 1. The molecule has 2 amide bonds.